The van der Waals surface area contributed by atoms with Crippen molar-refractivity contribution in [1.82, 2.24) is 5.16 Å². The van der Waals surface area contributed by atoms with Gasteiger partial charge in [0.2, 0.25) is 5.88 Å². The van der Waals surface area contributed by atoms with Crippen molar-refractivity contribution in [1.29, 1.82) is 0 Å². The van der Waals surface area contributed by atoms with Crippen LogP contribution in [0.4, 0.5) is 5.88 Å². The predicted molar refractivity (Wildman–Crippen MR) is 117 cm³/mol. The number of rotatable bonds is 3. The summed E-state index contributed by atoms with van der Waals surface area (Å²) in [5, 5.41) is 17.0. The van der Waals surface area contributed by atoms with Crippen LogP contribution in [0.15, 0.2) is 64.3 Å². The molecule has 0 unspecified atom stereocenters. The molecule has 0 radical (unpaired) electrons. The van der Waals surface area contributed by atoms with Gasteiger partial charge in [0.25, 0.3) is 0 Å². The number of ether oxygens (including phenoxy) is 1. The molecule has 2 aromatic carbocycles. The van der Waals surface area contributed by atoms with E-state index in [2.05, 4.69) is 10.5 Å². The second-order valence-electron chi connectivity index (χ2n) is 8.19. The number of carbonyl (C=O) groups excluding carboxylic acids is 2. The fourth-order valence-corrected chi connectivity index (χ4v) is 4.72. The lowest BCUT2D eigenvalue weighted by molar-refractivity contribution is -0.116. The largest absolute Gasteiger partial charge is 0.508 e. The number of allylic oxidation sites excluding steroid dienone is 2. The highest BCUT2D eigenvalue weighted by atomic mass is 16.5. The SMILES string of the molecule is COC(=O)c1ccc([C@@H]2C3=C(C[C@H](c4ccc(O)cc4)CC3=O)Nc3onc(C)c32)cc1. The summed E-state index contributed by atoms with van der Waals surface area (Å²) in [6, 6.07) is 14.1. The topological polar surface area (TPSA) is 102 Å². The molecule has 5 rings (SSSR count). The molecule has 1 aliphatic carbocycles. The van der Waals surface area contributed by atoms with Crippen LogP contribution in [0, 0.1) is 6.92 Å². The van der Waals surface area contributed by atoms with Crippen molar-refractivity contribution in [3.05, 3.63) is 87.7 Å². The molecule has 0 amide bonds. The molecular formula is C25H22N2O5. The number of phenolic OH excluding ortho intramolecular Hbond substituents is 1. The normalized spacial score (nSPS) is 19.8. The molecule has 1 aromatic heterocycles. The number of nitrogens with zero attached hydrogens (tertiary/aromatic N) is 1. The monoisotopic (exact) mass is 430 g/mol. The minimum absolute atomic E-state index is 0.00210. The van der Waals surface area contributed by atoms with Crippen LogP contribution >= 0.6 is 0 Å². The van der Waals surface area contributed by atoms with Crippen molar-refractivity contribution in [3.8, 4) is 5.75 Å². The quantitative estimate of drug-likeness (QED) is 0.593. The number of anilines is 1. The van der Waals surface area contributed by atoms with Gasteiger partial charge in [0.1, 0.15) is 5.75 Å². The van der Waals surface area contributed by atoms with E-state index < -0.39 is 5.97 Å². The first-order valence-electron chi connectivity index (χ1n) is 10.4. The summed E-state index contributed by atoms with van der Waals surface area (Å²) in [5.41, 5.74) is 5.43. The van der Waals surface area contributed by atoms with Crippen LogP contribution in [0.25, 0.3) is 0 Å². The van der Waals surface area contributed by atoms with E-state index >= 15 is 0 Å². The maximum Gasteiger partial charge on any atom is 0.337 e. The van der Waals surface area contributed by atoms with Crippen LogP contribution in [0.5, 0.6) is 5.75 Å². The Labute approximate surface area is 184 Å². The maximum absolute atomic E-state index is 13.5. The molecule has 0 saturated carbocycles. The number of methoxy groups -OCH3 is 1. The number of aryl methyl sites for hydroxylation is 1. The van der Waals surface area contributed by atoms with E-state index in [1.54, 1.807) is 24.3 Å². The summed E-state index contributed by atoms with van der Waals surface area (Å²) in [6.07, 6.45) is 1.02. The van der Waals surface area contributed by atoms with Gasteiger partial charge in [-0.25, -0.2) is 4.79 Å². The van der Waals surface area contributed by atoms with Crippen molar-refractivity contribution in [2.75, 3.05) is 12.4 Å². The third-order valence-electron chi connectivity index (χ3n) is 6.29. The van der Waals surface area contributed by atoms with Gasteiger partial charge < -0.3 is 19.7 Å². The summed E-state index contributed by atoms with van der Waals surface area (Å²) in [5.74, 6) is 0.0697. The Morgan fingerprint density at radius 3 is 2.47 bits per heavy atom. The Morgan fingerprint density at radius 2 is 1.78 bits per heavy atom. The number of benzene rings is 2. The van der Waals surface area contributed by atoms with Gasteiger partial charge >= 0.3 is 5.97 Å². The third kappa shape index (κ3) is 3.26. The van der Waals surface area contributed by atoms with E-state index in [4.69, 9.17) is 9.26 Å². The molecule has 162 valence electrons. The number of nitrogens with one attached hydrogen (secondary N) is 1. The van der Waals surface area contributed by atoms with Gasteiger partial charge in [-0.2, -0.15) is 0 Å². The molecule has 2 aliphatic rings. The molecule has 0 saturated heterocycles. The maximum atomic E-state index is 13.5. The van der Waals surface area contributed by atoms with Crippen molar-refractivity contribution < 1.29 is 24.0 Å². The highest BCUT2D eigenvalue weighted by molar-refractivity contribution is 6.01. The standard InChI is InChI=1S/C25H22N2O5/c1-13-21-22(15-3-5-16(6-4-15)25(30)31-2)23-19(26-24(21)32-27-13)11-17(12-20(23)29)14-7-9-18(28)10-8-14/h3-10,17,22,26,28H,11-12H2,1-2H3/t17-,22-/m0/s1. The van der Waals surface area contributed by atoms with E-state index in [1.807, 2.05) is 31.2 Å². The molecule has 7 heteroatoms. The zero-order chi connectivity index (χ0) is 22.4. The Balaban J connectivity index is 1.57. The Hall–Kier alpha value is -3.87. The lowest BCUT2D eigenvalue weighted by Crippen LogP contribution is -2.29. The number of fused-ring (bicyclic) bond motifs is 1. The summed E-state index contributed by atoms with van der Waals surface area (Å²) >= 11 is 0. The summed E-state index contributed by atoms with van der Waals surface area (Å²) in [6.45, 7) is 1.86. The zero-order valence-electron chi connectivity index (χ0n) is 17.7. The number of phenols is 1. The number of aromatic hydroxyl groups is 1. The fraction of sp³-hybridized carbons (Fsp3) is 0.240. The summed E-state index contributed by atoms with van der Waals surface area (Å²) in [7, 11) is 1.35. The lowest BCUT2D eigenvalue weighted by Gasteiger charge is -2.34. The van der Waals surface area contributed by atoms with Gasteiger partial charge in [-0.1, -0.05) is 29.4 Å². The van der Waals surface area contributed by atoms with E-state index in [0.29, 0.717) is 29.9 Å². The third-order valence-corrected chi connectivity index (χ3v) is 6.29. The molecule has 7 nitrogen and oxygen atoms in total. The molecule has 1 aliphatic heterocycles. The summed E-state index contributed by atoms with van der Waals surface area (Å²) < 4.78 is 10.3. The highest BCUT2D eigenvalue weighted by Gasteiger charge is 2.41. The van der Waals surface area contributed by atoms with Gasteiger partial charge in [-0.05, 0) is 54.7 Å². The van der Waals surface area contributed by atoms with Crippen LogP contribution in [0.1, 0.15) is 57.4 Å². The molecule has 0 spiro atoms. The average Bonchev–Trinajstić information content (AvgIpc) is 3.18. The zero-order valence-corrected chi connectivity index (χ0v) is 17.7. The van der Waals surface area contributed by atoms with E-state index in [0.717, 1.165) is 28.1 Å². The average molecular weight is 430 g/mol. The number of ketones is 1. The number of Topliss-reactive ketones (excluding diaryl/α,β-unsaturated/α-hetero) is 1. The van der Waals surface area contributed by atoms with Gasteiger partial charge in [0.15, 0.2) is 5.78 Å². The van der Waals surface area contributed by atoms with E-state index in [9.17, 15) is 14.7 Å². The second kappa shape index (κ2) is 7.67. The molecule has 2 N–H and O–H groups in total. The van der Waals surface area contributed by atoms with Crippen LogP contribution in [-0.2, 0) is 9.53 Å². The molecular weight excluding hydrogens is 408 g/mol. The smallest absolute Gasteiger partial charge is 0.337 e. The first-order chi connectivity index (χ1) is 15.5. The van der Waals surface area contributed by atoms with Crippen molar-refractivity contribution in [2.24, 2.45) is 0 Å². The first kappa shape index (κ1) is 20.1. The number of aromatic nitrogens is 1. The number of esters is 1. The molecule has 3 aromatic rings. The molecule has 0 bridgehead atoms. The number of carbonyl (C=O) groups is 2. The van der Waals surface area contributed by atoms with Crippen LogP contribution in [0.3, 0.4) is 0 Å². The van der Waals surface area contributed by atoms with Crippen molar-refractivity contribution in [3.63, 3.8) is 0 Å². The Kier molecular flexibility index (Phi) is 4.81. The molecule has 32 heavy (non-hydrogen) atoms. The van der Waals surface area contributed by atoms with Gasteiger partial charge in [-0.15, -0.1) is 0 Å². The minimum Gasteiger partial charge on any atom is -0.508 e. The molecule has 2 atom stereocenters. The molecule has 2 heterocycles. The minimum atomic E-state index is -0.408. The number of hydrogen-bond donors (Lipinski definition) is 2. The second-order valence-corrected chi connectivity index (χ2v) is 8.19. The first-order valence-corrected chi connectivity index (χ1v) is 10.4. The Bertz CT molecular complexity index is 1240. The number of hydrogen-bond acceptors (Lipinski definition) is 7. The van der Waals surface area contributed by atoms with E-state index in [-0.39, 0.29) is 23.4 Å². The fourth-order valence-electron chi connectivity index (χ4n) is 4.72. The van der Waals surface area contributed by atoms with Crippen LogP contribution in [-0.4, -0.2) is 29.1 Å². The van der Waals surface area contributed by atoms with E-state index in [1.165, 1.54) is 7.11 Å². The highest BCUT2D eigenvalue weighted by Crippen LogP contribution is 2.49. The van der Waals surface area contributed by atoms with Gasteiger partial charge in [0.05, 0.1) is 23.9 Å². The predicted octanol–water partition coefficient (Wildman–Crippen LogP) is 4.43. The lowest BCUT2D eigenvalue weighted by atomic mass is 9.72. The van der Waals surface area contributed by atoms with Crippen LogP contribution in [0.2, 0.25) is 0 Å². The van der Waals surface area contributed by atoms with Crippen LogP contribution < -0.4 is 5.32 Å². The van der Waals surface area contributed by atoms with Gasteiger partial charge in [0, 0.05) is 23.6 Å². The Morgan fingerprint density at radius 1 is 1.09 bits per heavy atom. The van der Waals surface area contributed by atoms with Gasteiger partial charge in [-0.3, -0.25) is 4.79 Å². The van der Waals surface area contributed by atoms with Crippen molar-refractivity contribution in [2.45, 2.75) is 31.6 Å². The molecule has 0 fully saturated rings. The summed E-state index contributed by atoms with van der Waals surface area (Å²) in [4.78, 5) is 25.3. The van der Waals surface area contributed by atoms with Crippen molar-refractivity contribution >= 4 is 17.6 Å².